The lowest BCUT2D eigenvalue weighted by Crippen LogP contribution is -2.29. The summed E-state index contributed by atoms with van der Waals surface area (Å²) in [6, 6.07) is 11.4. The molecule has 0 unspecified atom stereocenters. The number of nitrogens with zero attached hydrogens (tertiary/aromatic N) is 1. The summed E-state index contributed by atoms with van der Waals surface area (Å²) in [5, 5.41) is 4.74. The zero-order valence-electron chi connectivity index (χ0n) is 10.9. The van der Waals surface area contributed by atoms with Gasteiger partial charge in [0, 0.05) is 17.6 Å². The number of rotatable bonds is 2. The average Bonchev–Trinajstić information content (AvgIpc) is 2.47. The summed E-state index contributed by atoms with van der Waals surface area (Å²) < 4.78 is 0. The van der Waals surface area contributed by atoms with Gasteiger partial charge >= 0.3 is 0 Å². The zero-order chi connectivity index (χ0) is 12.4. The Labute approximate surface area is 108 Å². The fourth-order valence-corrected chi connectivity index (χ4v) is 3.17. The van der Waals surface area contributed by atoms with Crippen molar-refractivity contribution in [3.05, 3.63) is 42.1 Å². The summed E-state index contributed by atoms with van der Waals surface area (Å²) in [6.07, 6.45) is 7.12. The van der Waals surface area contributed by atoms with Crippen molar-refractivity contribution in [3.63, 3.8) is 0 Å². The van der Waals surface area contributed by atoms with Gasteiger partial charge in [0.05, 0.1) is 5.52 Å². The van der Waals surface area contributed by atoms with E-state index in [1.807, 2.05) is 6.20 Å². The van der Waals surface area contributed by atoms with Crippen molar-refractivity contribution >= 4 is 10.9 Å². The molecule has 0 spiro atoms. The van der Waals surface area contributed by atoms with E-state index in [4.69, 9.17) is 0 Å². The Bertz CT molecular complexity index is 522. The number of nitrogens with one attached hydrogen (secondary N) is 1. The van der Waals surface area contributed by atoms with Crippen molar-refractivity contribution in [2.24, 2.45) is 0 Å². The number of pyridine rings is 1. The quantitative estimate of drug-likeness (QED) is 0.869. The first-order chi connectivity index (χ1) is 8.88. The molecule has 1 N–H and O–H groups in total. The topological polar surface area (TPSA) is 24.9 Å². The van der Waals surface area contributed by atoms with Gasteiger partial charge in [0.2, 0.25) is 0 Å². The lowest BCUT2D eigenvalue weighted by Gasteiger charge is -2.29. The van der Waals surface area contributed by atoms with Crippen LogP contribution in [0.2, 0.25) is 0 Å². The number of para-hydroxylation sites is 1. The smallest absolute Gasteiger partial charge is 0.0704 e. The molecule has 0 saturated heterocycles. The molecule has 18 heavy (non-hydrogen) atoms. The minimum Gasteiger partial charge on any atom is -0.317 e. The van der Waals surface area contributed by atoms with Crippen LogP contribution >= 0.6 is 0 Å². The molecule has 94 valence electrons. The molecule has 1 heterocycles. The molecule has 0 radical (unpaired) electrons. The highest BCUT2D eigenvalue weighted by Gasteiger charge is 2.22. The molecule has 2 aromatic rings. The van der Waals surface area contributed by atoms with Crippen LogP contribution in [0.25, 0.3) is 10.9 Å². The van der Waals surface area contributed by atoms with E-state index in [1.54, 1.807) is 0 Å². The Morgan fingerprint density at radius 1 is 1.06 bits per heavy atom. The molecule has 0 atom stereocenters. The van der Waals surface area contributed by atoms with Crippen LogP contribution in [-0.4, -0.2) is 18.1 Å². The molecule has 1 aromatic carbocycles. The van der Waals surface area contributed by atoms with E-state index in [0.29, 0.717) is 12.0 Å². The van der Waals surface area contributed by atoms with Gasteiger partial charge in [-0.15, -0.1) is 0 Å². The van der Waals surface area contributed by atoms with Gasteiger partial charge in [-0.05, 0) is 56.3 Å². The number of hydrogen-bond donors (Lipinski definition) is 1. The number of benzene rings is 1. The van der Waals surface area contributed by atoms with E-state index >= 15 is 0 Å². The molecule has 2 heteroatoms. The minimum absolute atomic E-state index is 0.711. The first kappa shape index (κ1) is 11.7. The van der Waals surface area contributed by atoms with Gasteiger partial charge in [0.1, 0.15) is 0 Å². The lowest BCUT2D eigenvalue weighted by molar-refractivity contribution is 0.360. The molecule has 0 amide bonds. The fraction of sp³-hybridized carbons (Fsp3) is 0.438. The van der Waals surface area contributed by atoms with Crippen LogP contribution in [0, 0.1) is 0 Å². The average molecular weight is 240 g/mol. The first-order valence-corrected chi connectivity index (χ1v) is 6.89. The van der Waals surface area contributed by atoms with E-state index in [9.17, 15) is 0 Å². The summed E-state index contributed by atoms with van der Waals surface area (Å²) in [7, 11) is 2.08. The predicted octanol–water partition coefficient (Wildman–Crippen LogP) is 3.48. The molecule has 3 rings (SSSR count). The van der Waals surface area contributed by atoms with Crippen molar-refractivity contribution in [2.75, 3.05) is 7.05 Å². The van der Waals surface area contributed by atoms with E-state index in [2.05, 4.69) is 47.7 Å². The van der Waals surface area contributed by atoms with Crippen LogP contribution in [0.1, 0.15) is 37.2 Å². The Kier molecular flexibility index (Phi) is 3.28. The Morgan fingerprint density at radius 3 is 2.61 bits per heavy atom. The molecule has 2 nitrogen and oxygen atoms in total. The highest BCUT2D eigenvalue weighted by Crippen LogP contribution is 2.35. The molecule has 1 saturated carbocycles. The van der Waals surface area contributed by atoms with E-state index in [-0.39, 0.29) is 0 Å². The number of aromatic nitrogens is 1. The maximum absolute atomic E-state index is 4.46. The Morgan fingerprint density at radius 2 is 1.83 bits per heavy atom. The molecular weight excluding hydrogens is 220 g/mol. The predicted molar refractivity (Wildman–Crippen MR) is 75.8 cm³/mol. The second-order valence-electron chi connectivity index (χ2n) is 5.25. The third-order valence-corrected chi connectivity index (χ3v) is 4.26. The van der Waals surface area contributed by atoms with E-state index in [1.165, 1.54) is 36.6 Å². The summed E-state index contributed by atoms with van der Waals surface area (Å²) in [6.45, 7) is 0. The maximum atomic E-state index is 4.46. The van der Waals surface area contributed by atoms with Gasteiger partial charge in [-0.3, -0.25) is 4.98 Å². The first-order valence-electron chi connectivity index (χ1n) is 6.89. The van der Waals surface area contributed by atoms with Crippen molar-refractivity contribution < 1.29 is 0 Å². The number of hydrogen-bond acceptors (Lipinski definition) is 2. The normalized spacial score (nSPS) is 24.3. The van der Waals surface area contributed by atoms with Crippen molar-refractivity contribution in [3.8, 4) is 0 Å². The summed E-state index contributed by atoms with van der Waals surface area (Å²) in [4.78, 5) is 4.46. The molecule has 1 aliphatic rings. The van der Waals surface area contributed by atoms with Crippen molar-refractivity contribution in [1.82, 2.24) is 10.3 Å². The van der Waals surface area contributed by atoms with Crippen molar-refractivity contribution in [1.29, 1.82) is 0 Å². The van der Waals surface area contributed by atoms with Gasteiger partial charge in [-0.2, -0.15) is 0 Å². The van der Waals surface area contributed by atoms with Crippen molar-refractivity contribution in [2.45, 2.75) is 37.6 Å². The van der Waals surface area contributed by atoms with E-state index < -0.39 is 0 Å². The molecule has 1 aliphatic carbocycles. The van der Waals surface area contributed by atoms with Crippen LogP contribution in [0.15, 0.2) is 36.5 Å². The van der Waals surface area contributed by atoms with Crippen LogP contribution < -0.4 is 5.32 Å². The van der Waals surface area contributed by atoms with Gasteiger partial charge in [-0.25, -0.2) is 0 Å². The second-order valence-corrected chi connectivity index (χ2v) is 5.25. The molecule has 1 aromatic heterocycles. The molecule has 1 fully saturated rings. The van der Waals surface area contributed by atoms with Gasteiger partial charge in [-0.1, -0.05) is 18.2 Å². The number of fused-ring (bicyclic) bond motifs is 1. The largest absolute Gasteiger partial charge is 0.317 e. The van der Waals surface area contributed by atoms with Gasteiger partial charge in [0.25, 0.3) is 0 Å². The zero-order valence-corrected chi connectivity index (χ0v) is 10.9. The SMILES string of the molecule is CNC1CCC(c2ccnc3ccccc23)CC1. The summed E-state index contributed by atoms with van der Waals surface area (Å²) >= 11 is 0. The van der Waals surface area contributed by atoms with Gasteiger partial charge < -0.3 is 5.32 Å². The van der Waals surface area contributed by atoms with Crippen LogP contribution in [0.4, 0.5) is 0 Å². The monoisotopic (exact) mass is 240 g/mol. The Hall–Kier alpha value is -1.41. The van der Waals surface area contributed by atoms with Crippen LogP contribution in [-0.2, 0) is 0 Å². The standard InChI is InChI=1S/C16H20N2/c1-17-13-8-6-12(7-9-13)14-10-11-18-16-5-3-2-4-15(14)16/h2-5,10-13,17H,6-9H2,1H3. The Balaban J connectivity index is 1.91. The minimum atomic E-state index is 0.711. The third-order valence-electron chi connectivity index (χ3n) is 4.26. The molecular formula is C16H20N2. The highest BCUT2D eigenvalue weighted by atomic mass is 14.9. The highest BCUT2D eigenvalue weighted by molar-refractivity contribution is 5.82. The van der Waals surface area contributed by atoms with Crippen LogP contribution in [0.3, 0.4) is 0 Å². The molecule has 0 aliphatic heterocycles. The fourth-order valence-electron chi connectivity index (χ4n) is 3.17. The maximum Gasteiger partial charge on any atom is 0.0704 e. The summed E-state index contributed by atoms with van der Waals surface area (Å²) in [5.41, 5.74) is 2.63. The lowest BCUT2D eigenvalue weighted by atomic mass is 9.81. The van der Waals surface area contributed by atoms with Crippen LogP contribution in [0.5, 0.6) is 0 Å². The molecule has 0 bridgehead atoms. The second kappa shape index (κ2) is 5.07. The van der Waals surface area contributed by atoms with E-state index in [0.717, 1.165) is 5.52 Å². The van der Waals surface area contributed by atoms with Gasteiger partial charge in [0.15, 0.2) is 0 Å². The third kappa shape index (κ3) is 2.13. The summed E-state index contributed by atoms with van der Waals surface area (Å²) in [5.74, 6) is 0.711.